The standard InChI is InChI=1S/C23H39N3O3/c27-20-8-6-19(7-9-20)10-13-24-15-12-22(28)26-17-23(29)25(16-21(24)26)14-11-18-4-2-1-3-5-18/h18-21,27H,1-17H2. The van der Waals surface area contributed by atoms with Crippen LogP contribution >= 0.6 is 0 Å². The van der Waals surface area contributed by atoms with Gasteiger partial charge < -0.3 is 14.9 Å². The lowest BCUT2D eigenvalue weighted by Crippen LogP contribution is -2.66. The molecule has 29 heavy (non-hydrogen) atoms. The van der Waals surface area contributed by atoms with E-state index < -0.39 is 0 Å². The van der Waals surface area contributed by atoms with Gasteiger partial charge >= 0.3 is 0 Å². The Morgan fingerprint density at radius 1 is 0.828 bits per heavy atom. The van der Waals surface area contributed by atoms with Crippen LogP contribution in [0.15, 0.2) is 0 Å². The van der Waals surface area contributed by atoms with Crippen LogP contribution in [0.4, 0.5) is 0 Å². The van der Waals surface area contributed by atoms with Crippen LogP contribution in [0, 0.1) is 11.8 Å². The van der Waals surface area contributed by atoms with E-state index in [9.17, 15) is 14.7 Å². The van der Waals surface area contributed by atoms with Crippen LogP contribution in [-0.2, 0) is 9.59 Å². The number of hydrogen-bond acceptors (Lipinski definition) is 4. The molecular weight excluding hydrogens is 366 g/mol. The van der Waals surface area contributed by atoms with Crippen molar-refractivity contribution in [3.63, 3.8) is 0 Å². The summed E-state index contributed by atoms with van der Waals surface area (Å²) in [6.07, 6.45) is 13.6. The maximum atomic E-state index is 12.7. The molecule has 164 valence electrons. The van der Waals surface area contributed by atoms with Crippen LogP contribution < -0.4 is 0 Å². The fraction of sp³-hybridized carbons (Fsp3) is 0.913. The first-order valence-electron chi connectivity index (χ1n) is 12.1. The van der Waals surface area contributed by atoms with Crippen LogP contribution in [0.25, 0.3) is 0 Å². The zero-order valence-corrected chi connectivity index (χ0v) is 17.9. The first-order valence-corrected chi connectivity index (χ1v) is 12.1. The molecule has 0 aromatic carbocycles. The molecule has 2 amide bonds. The molecule has 6 heteroatoms. The summed E-state index contributed by atoms with van der Waals surface area (Å²) in [4.78, 5) is 31.5. The average Bonchev–Trinajstić information content (AvgIpc) is 2.74. The number of piperazine rings is 1. The monoisotopic (exact) mass is 405 g/mol. The van der Waals surface area contributed by atoms with E-state index in [4.69, 9.17) is 0 Å². The molecule has 4 fully saturated rings. The van der Waals surface area contributed by atoms with Crippen molar-refractivity contribution in [1.82, 2.24) is 14.7 Å². The summed E-state index contributed by atoms with van der Waals surface area (Å²) in [7, 11) is 0. The minimum atomic E-state index is -0.101. The fourth-order valence-corrected chi connectivity index (χ4v) is 5.92. The second kappa shape index (κ2) is 9.78. The van der Waals surface area contributed by atoms with Crippen LogP contribution in [-0.4, -0.2) is 76.6 Å². The molecule has 2 heterocycles. The van der Waals surface area contributed by atoms with Crippen molar-refractivity contribution < 1.29 is 14.7 Å². The summed E-state index contributed by atoms with van der Waals surface area (Å²) in [6, 6.07) is 0. The van der Waals surface area contributed by atoms with Crippen molar-refractivity contribution in [3.05, 3.63) is 0 Å². The normalized spacial score (nSPS) is 32.5. The summed E-state index contributed by atoms with van der Waals surface area (Å²) in [5, 5.41) is 9.73. The number of carbonyl (C=O) groups is 2. The Kier molecular flexibility index (Phi) is 7.12. The van der Waals surface area contributed by atoms with Gasteiger partial charge in [0.2, 0.25) is 11.8 Å². The molecule has 1 unspecified atom stereocenters. The molecule has 0 aromatic heterocycles. The number of aliphatic hydroxyl groups is 1. The number of carbonyl (C=O) groups excluding carboxylic acids is 2. The fourth-order valence-electron chi connectivity index (χ4n) is 5.92. The van der Waals surface area contributed by atoms with E-state index in [1.54, 1.807) is 0 Å². The van der Waals surface area contributed by atoms with E-state index in [1.165, 1.54) is 32.1 Å². The van der Waals surface area contributed by atoms with Gasteiger partial charge in [0.15, 0.2) is 0 Å². The van der Waals surface area contributed by atoms with Crippen molar-refractivity contribution >= 4 is 11.8 Å². The van der Waals surface area contributed by atoms with Gasteiger partial charge in [0, 0.05) is 26.1 Å². The SMILES string of the molecule is O=C1CN2C(=O)CCN(CCC3CCC(O)CC3)C2CN1CCC1CCCCC1. The molecule has 2 saturated heterocycles. The predicted octanol–water partition coefficient (Wildman–Crippen LogP) is 2.60. The molecule has 0 bridgehead atoms. The Bertz CT molecular complexity index is 570. The average molecular weight is 406 g/mol. The topological polar surface area (TPSA) is 64.1 Å². The third-order valence-electron chi connectivity index (χ3n) is 7.93. The molecule has 1 atom stereocenters. The molecular formula is C23H39N3O3. The Hall–Kier alpha value is -1.14. The minimum Gasteiger partial charge on any atom is -0.393 e. The molecule has 1 N–H and O–H groups in total. The molecule has 4 rings (SSSR count). The molecule has 2 saturated carbocycles. The van der Waals surface area contributed by atoms with E-state index >= 15 is 0 Å². The van der Waals surface area contributed by atoms with Crippen LogP contribution in [0.2, 0.25) is 0 Å². The van der Waals surface area contributed by atoms with Gasteiger partial charge in [-0.2, -0.15) is 0 Å². The molecule has 6 nitrogen and oxygen atoms in total. The summed E-state index contributed by atoms with van der Waals surface area (Å²) in [5.41, 5.74) is 0. The number of fused-ring (bicyclic) bond motifs is 1. The van der Waals surface area contributed by atoms with Crippen molar-refractivity contribution in [2.75, 3.05) is 32.7 Å². The van der Waals surface area contributed by atoms with E-state index in [-0.39, 0.29) is 30.6 Å². The smallest absolute Gasteiger partial charge is 0.242 e. The minimum absolute atomic E-state index is 0.0643. The summed E-state index contributed by atoms with van der Waals surface area (Å²) >= 11 is 0. The lowest BCUT2D eigenvalue weighted by Gasteiger charge is -2.49. The number of nitrogens with zero attached hydrogens (tertiary/aromatic N) is 3. The van der Waals surface area contributed by atoms with Crippen LogP contribution in [0.3, 0.4) is 0 Å². The number of aliphatic hydroxyl groups excluding tert-OH is 1. The lowest BCUT2D eigenvalue weighted by molar-refractivity contribution is -0.161. The largest absolute Gasteiger partial charge is 0.393 e. The third kappa shape index (κ3) is 5.32. The Morgan fingerprint density at radius 2 is 1.52 bits per heavy atom. The van der Waals surface area contributed by atoms with Gasteiger partial charge in [-0.1, -0.05) is 32.1 Å². The van der Waals surface area contributed by atoms with Gasteiger partial charge in [-0.3, -0.25) is 14.5 Å². The highest BCUT2D eigenvalue weighted by Gasteiger charge is 2.41. The molecule has 4 aliphatic rings. The Balaban J connectivity index is 1.31. The van der Waals surface area contributed by atoms with Crippen molar-refractivity contribution in [3.8, 4) is 0 Å². The highest BCUT2D eigenvalue weighted by molar-refractivity contribution is 5.87. The zero-order chi connectivity index (χ0) is 20.2. The number of rotatable bonds is 6. The first-order chi connectivity index (χ1) is 14.1. The van der Waals surface area contributed by atoms with E-state index in [0.29, 0.717) is 18.9 Å². The van der Waals surface area contributed by atoms with Crippen LogP contribution in [0.5, 0.6) is 0 Å². The summed E-state index contributed by atoms with van der Waals surface area (Å²) < 4.78 is 0. The predicted molar refractivity (Wildman–Crippen MR) is 112 cm³/mol. The van der Waals surface area contributed by atoms with Gasteiger partial charge in [0.05, 0.1) is 12.6 Å². The van der Waals surface area contributed by atoms with Crippen molar-refractivity contribution in [2.24, 2.45) is 11.8 Å². The lowest BCUT2D eigenvalue weighted by atomic mass is 9.85. The van der Waals surface area contributed by atoms with Crippen molar-refractivity contribution in [1.29, 1.82) is 0 Å². The van der Waals surface area contributed by atoms with Gasteiger partial charge in [-0.15, -0.1) is 0 Å². The molecule has 2 aliphatic heterocycles. The molecule has 0 radical (unpaired) electrons. The molecule has 2 aliphatic carbocycles. The Morgan fingerprint density at radius 3 is 2.28 bits per heavy atom. The first kappa shape index (κ1) is 21.1. The van der Waals surface area contributed by atoms with E-state index in [1.807, 2.05) is 9.80 Å². The zero-order valence-electron chi connectivity index (χ0n) is 17.9. The highest BCUT2D eigenvalue weighted by atomic mass is 16.3. The van der Waals surface area contributed by atoms with Gasteiger partial charge in [-0.05, 0) is 50.4 Å². The van der Waals surface area contributed by atoms with Gasteiger partial charge in [0.1, 0.15) is 12.7 Å². The summed E-state index contributed by atoms with van der Waals surface area (Å²) in [5.74, 6) is 1.75. The van der Waals surface area contributed by atoms with E-state index in [0.717, 1.165) is 64.1 Å². The van der Waals surface area contributed by atoms with Gasteiger partial charge in [0.25, 0.3) is 0 Å². The molecule has 0 aromatic rings. The second-order valence-corrected chi connectivity index (χ2v) is 9.88. The maximum Gasteiger partial charge on any atom is 0.242 e. The van der Waals surface area contributed by atoms with Crippen LogP contribution in [0.1, 0.15) is 77.0 Å². The quantitative estimate of drug-likeness (QED) is 0.738. The third-order valence-corrected chi connectivity index (χ3v) is 7.93. The number of hydrogen-bond donors (Lipinski definition) is 1. The maximum absolute atomic E-state index is 12.7. The number of amides is 2. The molecule has 0 spiro atoms. The van der Waals surface area contributed by atoms with Crippen molar-refractivity contribution in [2.45, 2.75) is 89.3 Å². The van der Waals surface area contributed by atoms with E-state index in [2.05, 4.69) is 4.90 Å². The van der Waals surface area contributed by atoms with Gasteiger partial charge in [-0.25, -0.2) is 0 Å². The second-order valence-electron chi connectivity index (χ2n) is 9.88. The summed E-state index contributed by atoms with van der Waals surface area (Å²) in [6.45, 7) is 3.62. The highest BCUT2D eigenvalue weighted by Crippen LogP contribution is 2.30. The Labute approximate surface area is 175 Å².